The van der Waals surface area contributed by atoms with Crippen LogP contribution >= 0.6 is 0 Å². The first-order valence-corrected chi connectivity index (χ1v) is 11.1. The molecule has 5 aliphatic rings. The summed E-state index contributed by atoms with van der Waals surface area (Å²) in [5.41, 5.74) is 8.04. The van der Waals surface area contributed by atoms with Crippen LogP contribution in [0.3, 0.4) is 0 Å². The van der Waals surface area contributed by atoms with Gasteiger partial charge in [0, 0.05) is 11.5 Å². The van der Waals surface area contributed by atoms with Crippen molar-refractivity contribution in [1.29, 1.82) is 0 Å². The number of hydrogen-bond acceptors (Lipinski definition) is 3. The molecule has 26 heavy (non-hydrogen) atoms. The first kappa shape index (κ1) is 17.7. The van der Waals surface area contributed by atoms with E-state index in [0.717, 1.165) is 18.8 Å². The molecule has 0 radical (unpaired) electrons. The number of ether oxygens (including phenoxy) is 1. The lowest BCUT2D eigenvalue weighted by molar-refractivity contribution is -0.143. The van der Waals surface area contributed by atoms with Gasteiger partial charge in [-0.1, -0.05) is 13.8 Å². The zero-order valence-corrected chi connectivity index (χ0v) is 17.1. The predicted octanol–water partition coefficient (Wildman–Crippen LogP) is 4.47. The van der Waals surface area contributed by atoms with E-state index in [-0.39, 0.29) is 22.5 Å². The molecule has 0 amide bonds. The largest absolute Gasteiger partial charge is 0.366 e. The van der Waals surface area contributed by atoms with Crippen LogP contribution < -0.4 is 5.73 Å². The van der Waals surface area contributed by atoms with Crippen molar-refractivity contribution in [2.75, 3.05) is 0 Å². The second-order valence-electron chi connectivity index (χ2n) is 11.3. The van der Waals surface area contributed by atoms with E-state index in [1.165, 1.54) is 44.9 Å². The monoisotopic (exact) mass is 359 g/mol. The Kier molecular flexibility index (Phi) is 3.49. The normalized spacial score (nSPS) is 60.9. The molecule has 5 rings (SSSR count). The molecular weight excluding hydrogens is 322 g/mol. The molecule has 4 aliphatic carbocycles. The lowest BCUT2D eigenvalue weighted by atomic mass is 9.41. The molecule has 3 nitrogen and oxygen atoms in total. The molecule has 0 bridgehead atoms. The van der Waals surface area contributed by atoms with Gasteiger partial charge >= 0.3 is 0 Å². The minimum atomic E-state index is -0.0526. The highest BCUT2D eigenvalue weighted by Gasteiger charge is 2.69. The highest BCUT2D eigenvalue weighted by molar-refractivity contribution is 5.79. The third-order valence-corrected chi connectivity index (χ3v) is 10.5. The summed E-state index contributed by atoms with van der Waals surface area (Å²) in [5.74, 6) is 2.58. The van der Waals surface area contributed by atoms with Gasteiger partial charge in [0.2, 0.25) is 0 Å². The molecule has 1 heterocycles. The first-order valence-electron chi connectivity index (χ1n) is 11.1. The van der Waals surface area contributed by atoms with Gasteiger partial charge in [-0.05, 0) is 100 Å². The number of epoxide rings is 1. The Balaban J connectivity index is 1.46. The number of hydrogen-bond donors (Lipinski definition) is 1. The van der Waals surface area contributed by atoms with Gasteiger partial charge < -0.3 is 10.5 Å². The quantitative estimate of drug-likeness (QED) is 0.703. The van der Waals surface area contributed by atoms with Crippen LogP contribution in [-0.2, 0) is 9.53 Å². The Bertz CT molecular complexity index is 648. The Hall–Kier alpha value is -0.410. The number of ketones is 1. The number of Topliss-reactive ketones (excluding diaryl/α,β-unsaturated/α-hetero) is 1. The van der Waals surface area contributed by atoms with Crippen LogP contribution in [0.1, 0.15) is 85.5 Å². The van der Waals surface area contributed by atoms with Crippen LogP contribution in [0.5, 0.6) is 0 Å². The van der Waals surface area contributed by atoms with Crippen LogP contribution in [0.15, 0.2) is 0 Å². The number of carbonyl (C=O) groups excluding carboxylic acids is 1. The smallest absolute Gasteiger partial charge is 0.133 e. The van der Waals surface area contributed by atoms with Crippen molar-refractivity contribution in [1.82, 2.24) is 0 Å². The van der Waals surface area contributed by atoms with Crippen molar-refractivity contribution in [3.8, 4) is 0 Å². The van der Waals surface area contributed by atoms with E-state index in [1.807, 2.05) is 6.92 Å². The average molecular weight is 360 g/mol. The number of nitrogens with two attached hydrogens (primary N) is 1. The van der Waals surface area contributed by atoms with Crippen molar-refractivity contribution >= 4 is 5.78 Å². The third kappa shape index (κ3) is 2.00. The van der Waals surface area contributed by atoms with Gasteiger partial charge in [0.15, 0.2) is 0 Å². The fourth-order valence-electron chi connectivity index (χ4n) is 8.94. The van der Waals surface area contributed by atoms with Crippen LogP contribution in [0.25, 0.3) is 0 Å². The maximum Gasteiger partial charge on any atom is 0.133 e. The molecule has 4 saturated carbocycles. The van der Waals surface area contributed by atoms with Gasteiger partial charge in [0.25, 0.3) is 0 Å². The molecule has 0 aromatic rings. The SMILES string of the molecule is CC(=O)[C@H]1CC[C@@H]2[C@]1(C)CCC1[C@@]3(C)CC[C@]4(CC3CC[C@]12N)O[C@H]4C. The molecule has 1 spiro atoms. The van der Waals surface area contributed by atoms with Crippen LogP contribution in [-0.4, -0.2) is 23.0 Å². The summed E-state index contributed by atoms with van der Waals surface area (Å²) in [5, 5.41) is 0. The lowest BCUT2D eigenvalue weighted by Gasteiger charge is -2.65. The summed E-state index contributed by atoms with van der Waals surface area (Å²) in [7, 11) is 0. The molecule has 2 N–H and O–H groups in total. The molecule has 146 valence electrons. The fraction of sp³-hybridized carbons (Fsp3) is 0.957. The van der Waals surface area contributed by atoms with E-state index in [0.29, 0.717) is 29.1 Å². The zero-order valence-electron chi connectivity index (χ0n) is 17.1. The Morgan fingerprint density at radius 1 is 0.962 bits per heavy atom. The first-order chi connectivity index (χ1) is 12.2. The van der Waals surface area contributed by atoms with Crippen LogP contribution in [0.4, 0.5) is 0 Å². The fourth-order valence-corrected chi connectivity index (χ4v) is 8.94. The van der Waals surface area contributed by atoms with Crippen molar-refractivity contribution in [3.63, 3.8) is 0 Å². The molecule has 0 aromatic heterocycles. The maximum absolute atomic E-state index is 12.3. The summed E-state index contributed by atoms with van der Waals surface area (Å²) < 4.78 is 6.06. The standard InChI is InChI=1S/C23H37NO2/c1-14(25)17-5-6-18-21(17,4)9-8-19-20(3)11-12-22(15(2)26-22)13-16(20)7-10-23(18,19)24/h15-19H,5-13,24H2,1-4H3/t15-,16?,17+,18+,19?,20-,21+,22+,23+/m0/s1. The van der Waals surface area contributed by atoms with Crippen LogP contribution in [0, 0.1) is 34.5 Å². The Labute approximate surface area is 158 Å². The second kappa shape index (κ2) is 5.14. The molecular formula is C23H37NO2. The molecule has 0 aromatic carbocycles. The minimum absolute atomic E-state index is 0.0526. The Morgan fingerprint density at radius 3 is 2.31 bits per heavy atom. The minimum Gasteiger partial charge on any atom is -0.366 e. The molecule has 1 saturated heterocycles. The van der Waals surface area contributed by atoms with E-state index < -0.39 is 0 Å². The van der Waals surface area contributed by atoms with E-state index in [4.69, 9.17) is 10.5 Å². The van der Waals surface area contributed by atoms with E-state index in [2.05, 4.69) is 20.8 Å². The molecule has 9 atom stereocenters. The van der Waals surface area contributed by atoms with Crippen LogP contribution in [0.2, 0.25) is 0 Å². The topological polar surface area (TPSA) is 55.6 Å². The summed E-state index contributed by atoms with van der Waals surface area (Å²) in [6.45, 7) is 9.02. The number of fused-ring (bicyclic) bond motifs is 5. The molecule has 2 unspecified atom stereocenters. The van der Waals surface area contributed by atoms with E-state index >= 15 is 0 Å². The predicted molar refractivity (Wildman–Crippen MR) is 103 cm³/mol. The Morgan fingerprint density at radius 2 is 1.65 bits per heavy atom. The van der Waals surface area contributed by atoms with Gasteiger partial charge in [-0.3, -0.25) is 4.79 Å². The van der Waals surface area contributed by atoms with Gasteiger partial charge in [-0.2, -0.15) is 0 Å². The zero-order chi connectivity index (χ0) is 18.5. The summed E-state index contributed by atoms with van der Waals surface area (Å²) >= 11 is 0. The van der Waals surface area contributed by atoms with Gasteiger partial charge in [-0.25, -0.2) is 0 Å². The summed E-state index contributed by atoms with van der Waals surface area (Å²) in [4.78, 5) is 12.3. The lowest BCUT2D eigenvalue weighted by Crippen LogP contribution is -2.68. The number of carbonyl (C=O) groups is 1. The van der Waals surface area contributed by atoms with Gasteiger partial charge in [0.05, 0.1) is 11.7 Å². The molecule has 3 heteroatoms. The third-order valence-electron chi connectivity index (χ3n) is 10.5. The highest BCUT2D eigenvalue weighted by atomic mass is 16.6. The van der Waals surface area contributed by atoms with Crippen molar-refractivity contribution in [2.45, 2.75) is 103 Å². The summed E-state index contributed by atoms with van der Waals surface area (Å²) in [6, 6.07) is 0. The highest BCUT2D eigenvalue weighted by Crippen LogP contribution is 2.70. The van der Waals surface area contributed by atoms with E-state index in [9.17, 15) is 4.79 Å². The molecule has 5 fully saturated rings. The average Bonchev–Trinajstić information content (AvgIpc) is 3.02. The number of rotatable bonds is 1. The summed E-state index contributed by atoms with van der Waals surface area (Å²) in [6.07, 6.45) is 11.3. The van der Waals surface area contributed by atoms with Crippen molar-refractivity contribution in [3.05, 3.63) is 0 Å². The van der Waals surface area contributed by atoms with Gasteiger partial charge in [-0.15, -0.1) is 0 Å². The van der Waals surface area contributed by atoms with E-state index in [1.54, 1.807) is 0 Å². The van der Waals surface area contributed by atoms with Crippen molar-refractivity contribution < 1.29 is 9.53 Å². The maximum atomic E-state index is 12.3. The second-order valence-corrected chi connectivity index (χ2v) is 11.3. The van der Waals surface area contributed by atoms with Gasteiger partial charge in [0.1, 0.15) is 5.78 Å². The molecule has 1 aliphatic heterocycles. The van der Waals surface area contributed by atoms with Crippen molar-refractivity contribution in [2.24, 2.45) is 40.2 Å².